The lowest BCUT2D eigenvalue weighted by molar-refractivity contribution is -0.150. The Balaban J connectivity index is 0.00000145. The first-order valence-corrected chi connectivity index (χ1v) is 10.5. The number of hydrogen-bond donors (Lipinski definition) is 0. The lowest BCUT2D eigenvalue weighted by atomic mass is 9.84. The average Bonchev–Trinajstić information content (AvgIpc) is 3.42. The molecule has 0 radical (unpaired) electrons. The lowest BCUT2D eigenvalue weighted by Gasteiger charge is -2.26. The van der Waals surface area contributed by atoms with E-state index in [0.717, 1.165) is 24.8 Å². The van der Waals surface area contributed by atoms with Gasteiger partial charge in [0, 0.05) is 30.8 Å². The summed E-state index contributed by atoms with van der Waals surface area (Å²) in [7, 11) is 0. The zero-order valence-electron chi connectivity index (χ0n) is 18.1. The van der Waals surface area contributed by atoms with E-state index in [0.29, 0.717) is 31.1 Å². The number of amides is 1. The first-order valence-electron chi connectivity index (χ1n) is 10.5. The fraction of sp³-hybridized carbons (Fsp3) is 0.591. The molecule has 0 N–H and O–H groups in total. The van der Waals surface area contributed by atoms with Crippen LogP contribution in [0.4, 0.5) is 0 Å². The van der Waals surface area contributed by atoms with Gasteiger partial charge in [0.05, 0.1) is 0 Å². The van der Waals surface area contributed by atoms with Gasteiger partial charge in [-0.3, -0.25) is 14.6 Å². The Hall–Kier alpha value is -2.57. The first kappa shape index (κ1) is 22.7. The van der Waals surface area contributed by atoms with E-state index >= 15 is 0 Å². The van der Waals surface area contributed by atoms with Crippen molar-refractivity contribution in [1.82, 2.24) is 20.0 Å². The van der Waals surface area contributed by atoms with Crippen molar-refractivity contribution in [3.63, 3.8) is 0 Å². The predicted octanol–water partition coefficient (Wildman–Crippen LogP) is 3.94. The summed E-state index contributed by atoms with van der Waals surface area (Å²) in [6.07, 6.45) is 7.14. The van der Waals surface area contributed by atoms with Crippen LogP contribution in [0.25, 0.3) is 0 Å². The van der Waals surface area contributed by atoms with E-state index < -0.39 is 11.3 Å². The minimum atomic E-state index is -0.659. The smallest absolute Gasteiger partial charge is 0.291 e. The lowest BCUT2D eigenvalue weighted by Crippen LogP contribution is -2.42. The molecule has 158 valence electrons. The van der Waals surface area contributed by atoms with Crippen LogP contribution in [0, 0.1) is 5.41 Å². The number of carbonyl (C=O) groups is 2. The second-order valence-corrected chi connectivity index (χ2v) is 7.63. The summed E-state index contributed by atoms with van der Waals surface area (Å²) in [5.41, 5.74) is 0.447. The van der Waals surface area contributed by atoms with Gasteiger partial charge in [0.1, 0.15) is 6.04 Å². The topological polar surface area (TPSA) is 89.2 Å². The van der Waals surface area contributed by atoms with E-state index in [2.05, 4.69) is 15.1 Å². The van der Waals surface area contributed by atoms with Crippen LogP contribution < -0.4 is 0 Å². The summed E-state index contributed by atoms with van der Waals surface area (Å²) in [6, 6.07) is 3.59. The molecule has 0 bridgehead atoms. The molecule has 1 atom stereocenters. The van der Waals surface area contributed by atoms with Crippen LogP contribution in [0.3, 0.4) is 0 Å². The van der Waals surface area contributed by atoms with E-state index in [9.17, 15) is 9.59 Å². The number of aryl methyl sites for hydroxylation is 2. The predicted molar refractivity (Wildman–Crippen MR) is 110 cm³/mol. The van der Waals surface area contributed by atoms with Crippen LogP contribution in [-0.2, 0) is 22.4 Å². The molecule has 1 fully saturated rings. The van der Waals surface area contributed by atoms with E-state index in [1.54, 1.807) is 11.1 Å². The molecule has 29 heavy (non-hydrogen) atoms. The van der Waals surface area contributed by atoms with Crippen LogP contribution in [0.1, 0.15) is 77.2 Å². The van der Waals surface area contributed by atoms with Crippen molar-refractivity contribution in [3.8, 4) is 0 Å². The SMILES string of the molecule is CC.CCC(C)(C)C(=O)C(=O)N1CCC[C@H]1c1nc(CCc2cccnc2)no1. The molecular weight excluding hydrogens is 368 g/mol. The maximum absolute atomic E-state index is 12.7. The zero-order valence-corrected chi connectivity index (χ0v) is 18.1. The molecule has 2 aromatic rings. The van der Waals surface area contributed by atoms with Gasteiger partial charge in [0.15, 0.2) is 5.82 Å². The van der Waals surface area contributed by atoms with Gasteiger partial charge in [0.2, 0.25) is 11.7 Å². The Morgan fingerprint density at radius 1 is 1.28 bits per heavy atom. The molecule has 3 rings (SSSR count). The summed E-state index contributed by atoms with van der Waals surface area (Å²) < 4.78 is 5.43. The van der Waals surface area contributed by atoms with Crippen LogP contribution in [0.2, 0.25) is 0 Å². The van der Waals surface area contributed by atoms with Gasteiger partial charge in [0.25, 0.3) is 5.91 Å². The van der Waals surface area contributed by atoms with Gasteiger partial charge in [-0.25, -0.2) is 0 Å². The normalized spacial score (nSPS) is 16.3. The molecule has 7 heteroatoms. The Morgan fingerprint density at radius 3 is 2.69 bits per heavy atom. The highest BCUT2D eigenvalue weighted by molar-refractivity contribution is 6.38. The van der Waals surface area contributed by atoms with Crippen molar-refractivity contribution in [2.24, 2.45) is 5.41 Å². The second kappa shape index (κ2) is 10.3. The van der Waals surface area contributed by atoms with Crippen molar-refractivity contribution >= 4 is 11.7 Å². The van der Waals surface area contributed by atoms with Crippen LogP contribution in [-0.4, -0.2) is 38.3 Å². The van der Waals surface area contributed by atoms with Crippen LogP contribution in [0.15, 0.2) is 29.0 Å². The standard InChI is InChI=1S/C20H26N4O3.C2H6/c1-4-20(2,3)17(25)19(26)24-12-6-8-15(24)18-22-16(23-27-18)10-9-14-7-5-11-21-13-14;1-2/h5,7,11,13,15H,4,6,8-10,12H2,1-3H3;1-2H3/t15-;/m0./s1. The highest BCUT2D eigenvalue weighted by atomic mass is 16.5. The van der Waals surface area contributed by atoms with Gasteiger partial charge in [-0.1, -0.05) is 45.8 Å². The second-order valence-electron chi connectivity index (χ2n) is 7.63. The molecule has 1 saturated heterocycles. The minimum Gasteiger partial charge on any atom is -0.337 e. The highest BCUT2D eigenvalue weighted by Gasteiger charge is 2.41. The molecule has 1 aliphatic heterocycles. The van der Waals surface area contributed by atoms with Crippen LogP contribution >= 0.6 is 0 Å². The minimum absolute atomic E-state index is 0.311. The summed E-state index contributed by atoms with van der Waals surface area (Å²) in [5.74, 6) is 0.227. The summed E-state index contributed by atoms with van der Waals surface area (Å²) >= 11 is 0. The van der Waals surface area contributed by atoms with E-state index in [1.807, 2.05) is 52.9 Å². The summed E-state index contributed by atoms with van der Waals surface area (Å²) in [6.45, 7) is 10.1. The Morgan fingerprint density at radius 2 is 2.03 bits per heavy atom. The number of aromatic nitrogens is 3. The first-order chi connectivity index (χ1) is 13.9. The molecule has 0 aromatic carbocycles. The van der Waals surface area contributed by atoms with Gasteiger partial charge >= 0.3 is 0 Å². The van der Waals surface area contributed by atoms with Crippen molar-refractivity contribution in [2.75, 3.05) is 6.54 Å². The largest absolute Gasteiger partial charge is 0.337 e. The third-order valence-electron chi connectivity index (χ3n) is 5.34. The van der Waals surface area contributed by atoms with Gasteiger partial charge in [-0.05, 0) is 37.3 Å². The van der Waals surface area contributed by atoms with E-state index in [1.165, 1.54) is 0 Å². The molecule has 0 unspecified atom stereocenters. The van der Waals surface area contributed by atoms with Gasteiger partial charge in [-0.15, -0.1) is 0 Å². The van der Waals surface area contributed by atoms with Gasteiger partial charge in [-0.2, -0.15) is 4.98 Å². The third-order valence-corrected chi connectivity index (χ3v) is 5.34. The Bertz CT molecular complexity index is 801. The summed E-state index contributed by atoms with van der Waals surface area (Å²) in [5, 5.41) is 4.05. The maximum atomic E-state index is 12.7. The number of carbonyl (C=O) groups excluding carboxylic acids is 2. The number of rotatable bonds is 7. The number of ketones is 1. The number of nitrogens with zero attached hydrogens (tertiary/aromatic N) is 4. The molecule has 0 spiro atoms. The van der Waals surface area contributed by atoms with Crippen molar-refractivity contribution in [1.29, 1.82) is 0 Å². The molecule has 2 aromatic heterocycles. The van der Waals surface area contributed by atoms with E-state index in [-0.39, 0.29) is 11.8 Å². The fourth-order valence-corrected chi connectivity index (χ4v) is 3.15. The van der Waals surface area contributed by atoms with Crippen molar-refractivity contribution < 1.29 is 14.1 Å². The fourth-order valence-electron chi connectivity index (χ4n) is 3.15. The number of hydrogen-bond acceptors (Lipinski definition) is 6. The molecule has 7 nitrogen and oxygen atoms in total. The number of pyridine rings is 1. The molecule has 0 saturated carbocycles. The number of Topliss-reactive ketones (excluding diaryl/α,β-unsaturated/α-hetero) is 1. The van der Waals surface area contributed by atoms with Gasteiger partial charge < -0.3 is 9.42 Å². The molecular formula is C22H32N4O3. The van der Waals surface area contributed by atoms with Crippen molar-refractivity contribution in [2.45, 2.75) is 72.8 Å². The highest BCUT2D eigenvalue weighted by Crippen LogP contribution is 2.33. The molecule has 1 aliphatic rings. The van der Waals surface area contributed by atoms with E-state index in [4.69, 9.17) is 4.52 Å². The quantitative estimate of drug-likeness (QED) is 0.654. The average molecular weight is 401 g/mol. The molecule has 3 heterocycles. The Kier molecular flexibility index (Phi) is 8.05. The van der Waals surface area contributed by atoms with Crippen molar-refractivity contribution in [3.05, 3.63) is 41.8 Å². The Labute approximate surface area is 172 Å². The number of likely N-dealkylation sites (tertiary alicyclic amines) is 1. The molecule has 1 amide bonds. The third kappa shape index (κ3) is 5.49. The molecule has 0 aliphatic carbocycles. The van der Waals surface area contributed by atoms with Crippen LogP contribution in [0.5, 0.6) is 0 Å². The zero-order chi connectivity index (χ0) is 21.4. The monoisotopic (exact) mass is 400 g/mol. The summed E-state index contributed by atoms with van der Waals surface area (Å²) in [4.78, 5) is 35.5. The maximum Gasteiger partial charge on any atom is 0.291 e.